The largest absolute Gasteiger partial charge is 0.295 e. The molecule has 0 saturated carbocycles. The number of benzene rings is 1. The van der Waals surface area contributed by atoms with Crippen LogP contribution in [-0.4, -0.2) is 22.8 Å². The van der Waals surface area contributed by atoms with Crippen LogP contribution in [0.4, 0.5) is 5.82 Å². The second kappa shape index (κ2) is 4.00. The van der Waals surface area contributed by atoms with Crippen LogP contribution in [0.15, 0.2) is 36.5 Å². The zero-order valence-electron chi connectivity index (χ0n) is 9.14. The number of amides is 1. The van der Waals surface area contributed by atoms with Gasteiger partial charge in [0.15, 0.2) is 0 Å². The van der Waals surface area contributed by atoms with Crippen molar-refractivity contribution in [3.05, 3.63) is 36.5 Å². The lowest BCUT2D eigenvalue weighted by Gasteiger charge is -2.14. The lowest BCUT2D eigenvalue weighted by Crippen LogP contribution is -2.25. The molecule has 3 nitrogen and oxygen atoms in total. The Morgan fingerprint density at radius 3 is 2.76 bits per heavy atom. The fourth-order valence-electron chi connectivity index (χ4n) is 2.10. The maximum absolute atomic E-state index is 11.7. The third-order valence-corrected chi connectivity index (χ3v) is 3.26. The van der Waals surface area contributed by atoms with Gasteiger partial charge < -0.3 is 0 Å². The zero-order valence-corrected chi connectivity index (χ0v) is 9.89. The Morgan fingerprint density at radius 1 is 1.29 bits per heavy atom. The molecule has 1 aromatic carbocycles. The molecule has 1 aliphatic rings. The average molecular weight is 247 g/mol. The van der Waals surface area contributed by atoms with Crippen molar-refractivity contribution < 1.29 is 4.79 Å². The Labute approximate surface area is 104 Å². The third kappa shape index (κ3) is 1.87. The first-order chi connectivity index (χ1) is 8.24. The first kappa shape index (κ1) is 10.5. The summed E-state index contributed by atoms with van der Waals surface area (Å²) in [6.07, 6.45) is 2.19. The van der Waals surface area contributed by atoms with Crippen LogP contribution >= 0.6 is 11.6 Å². The fourth-order valence-corrected chi connectivity index (χ4v) is 2.38. The summed E-state index contributed by atoms with van der Waals surface area (Å²) in [5, 5.41) is 2.06. The minimum atomic E-state index is -0.101. The van der Waals surface area contributed by atoms with Crippen molar-refractivity contribution in [2.24, 2.45) is 0 Å². The maximum atomic E-state index is 11.7. The number of fused-ring (bicyclic) bond motifs is 1. The van der Waals surface area contributed by atoms with E-state index in [1.54, 1.807) is 11.1 Å². The number of carbonyl (C=O) groups excluding carboxylic acids is 1. The first-order valence-electron chi connectivity index (χ1n) is 5.53. The van der Waals surface area contributed by atoms with Gasteiger partial charge in [-0.15, -0.1) is 11.6 Å². The molecule has 2 heterocycles. The van der Waals surface area contributed by atoms with E-state index < -0.39 is 0 Å². The van der Waals surface area contributed by atoms with Crippen molar-refractivity contribution in [1.82, 2.24) is 4.98 Å². The molecule has 1 aliphatic heterocycles. The van der Waals surface area contributed by atoms with Gasteiger partial charge in [0.05, 0.1) is 5.38 Å². The second-order valence-electron chi connectivity index (χ2n) is 4.20. The molecule has 1 aromatic heterocycles. The van der Waals surface area contributed by atoms with E-state index in [-0.39, 0.29) is 11.3 Å². The van der Waals surface area contributed by atoms with E-state index in [2.05, 4.69) is 4.98 Å². The molecule has 0 radical (unpaired) electrons. The van der Waals surface area contributed by atoms with E-state index in [4.69, 9.17) is 11.6 Å². The van der Waals surface area contributed by atoms with E-state index in [9.17, 15) is 4.79 Å². The van der Waals surface area contributed by atoms with Crippen LogP contribution in [0.5, 0.6) is 0 Å². The highest BCUT2D eigenvalue weighted by Crippen LogP contribution is 2.25. The Kier molecular flexibility index (Phi) is 2.48. The molecule has 4 heteroatoms. The molecule has 0 aliphatic carbocycles. The quantitative estimate of drug-likeness (QED) is 0.725. The van der Waals surface area contributed by atoms with Crippen LogP contribution in [-0.2, 0) is 4.79 Å². The van der Waals surface area contributed by atoms with Crippen LogP contribution in [0.25, 0.3) is 10.8 Å². The Hall–Kier alpha value is -1.61. The number of pyridine rings is 1. The van der Waals surface area contributed by atoms with Crippen LogP contribution in [0.1, 0.15) is 6.42 Å². The van der Waals surface area contributed by atoms with Crippen LogP contribution in [0.3, 0.4) is 0 Å². The van der Waals surface area contributed by atoms with Gasteiger partial charge in [-0.2, -0.15) is 0 Å². The first-order valence-corrected chi connectivity index (χ1v) is 5.97. The number of halogens is 1. The van der Waals surface area contributed by atoms with Crippen LogP contribution in [0, 0.1) is 0 Å². The topological polar surface area (TPSA) is 33.2 Å². The van der Waals surface area contributed by atoms with Gasteiger partial charge in [-0.3, -0.25) is 9.69 Å². The van der Waals surface area contributed by atoms with Crippen molar-refractivity contribution in [1.29, 1.82) is 0 Å². The van der Waals surface area contributed by atoms with Crippen LogP contribution < -0.4 is 4.90 Å². The lowest BCUT2D eigenvalue weighted by molar-refractivity contribution is -0.117. The highest BCUT2D eigenvalue weighted by atomic mass is 35.5. The zero-order chi connectivity index (χ0) is 11.8. The van der Waals surface area contributed by atoms with E-state index in [1.165, 1.54) is 0 Å². The molecule has 1 fully saturated rings. The second-order valence-corrected chi connectivity index (χ2v) is 4.81. The van der Waals surface area contributed by atoms with Gasteiger partial charge in [-0.1, -0.05) is 24.3 Å². The summed E-state index contributed by atoms with van der Waals surface area (Å²) >= 11 is 5.98. The summed E-state index contributed by atoms with van der Waals surface area (Å²) in [6, 6.07) is 9.89. The number of aromatic nitrogens is 1. The molecule has 2 aromatic rings. The molecule has 0 spiro atoms. The Morgan fingerprint density at radius 2 is 2.06 bits per heavy atom. The van der Waals surface area contributed by atoms with Crippen molar-refractivity contribution in [3.8, 4) is 0 Å². The molecule has 3 rings (SSSR count). The number of alkyl halides is 1. The predicted octanol–water partition coefficient (Wildman–Crippen LogP) is 2.58. The van der Waals surface area contributed by atoms with E-state index in [0.29, 0.717) is 18.8 Å². The van der Waals surface area contributed by atoms with Gasteiger partial charge in [-0.05, 0) is 11.5 Å². The average Bonchev–Trinajstić information content (AvgIpc) is 2.68. The van der Waals surface area contributed by atoms with E-state index in [0.717, 1.165) is 10.8 Å². The van der Waals surface area contributed by atoms with E-state index in [1.807, 2.05) is 30.3 Å². The number of hydrogen-bond donors (Lipinski definition) is 0. The van der Waals surface area contributed by atoms with E-state index >= 15 is 0 Å². The summed E-state index contributed by atoms with van der Waals surface area (Å²) in [5.74, 6) is 0.740. The maximum Gasteiger partial charge on any atom is 0.229 e. The molecule has 1 saturated heterocycles. The highest BCUT2D eigenvalue weighted by molar-refractivity contribution is 6.24. The molecule has 86 valence electrons. The standard InChI is InChI=1S/C13H11ClN2O/c14-11-6-13(17)16(8-11)12-5-9-3-1-2-4-10(9)7-15-12/h1-5,7,11H,6,8H2. The van der Waals surface area contributed by atoms with Crippen molar-refractivity contribution >= 4 is 34.1 Å². The predicted molar refractivity (Wildman–Crippen MR) is 68.4 cm³/mol. The van der Waals surface area contributed by atoms with Gasteiger partial charge in [0.2, 0.25) is 5.91 Å². The fraction of sp³-hybridized carbons (Fsp3) is 0.231. The van der Waals surface area contributed by atoms with Crippen LogP contribution in [0.2, 0.25) is 0 Å². The summed E-state index contributed by atoms with van der Waals surface area (Å²) in [4.78, 5) is 17.7. The summed E-state index contributed by atoms with van der Waals surface area (Å²) in [7, 11) is 0. The van der Waals surface area contributed by atoms with Gasteiger partial charge in [0.25, 0.3) is 0 Å². The molecule has 1 amide bonds. The normalized spacial score (nSPS) is 20.2. The molecule has 0 N–H and O–H groups in total. The Bertz CT molecular complexity index is 584. The number of nitrogens with zero attached hydrogens (tertiary/aromatic N) is 2. The lowest BCUT2D eigenvalue weighted by atomic mass is 10.2. The minimum absolute atomic E-state index is 0.0489. The monoisotopic (exact) mass is 246 g/mol. The van der Waals surface area contributed by atoms with Crippen molar-refractivity contribution in [2.75, 3.05) is 11.4 Å². The number of rotatable bonds is 1. The molecular weight excluding hydrogens is 236 g/mol. The number of carbonyl (C=O) groups is 1. The van der Waals surface area contributed by atoms with Crippen molar-refractivity contribution in [3.63, 3.8) is 0 Å². The van der Waals surface area contributed by atoms with Gasteiger partial charge >= 0.3 is 0 Å². The van der Waals surface area contributed by atoms with Gasteiger partial charge in [0.1, 0.15) is 5.82 Å². The molecule has 17 heavy (non-hydrogen) atoms. The number of hydrogen-bond acceptors (Lipinski definition) is 2. The minimum Gasteiger partial charge on any atom is -0.295 e. The van der Waals surface area contributed by atoms with Crippen molar-refractivity contribution in [2.45, 2.75) is 11.8 Å². The smallest absolute Gasteiger partial charge is 0.229 e. The molecular formula is C13H11ClN2O. The molecule has 1 atom stereocenters. The third-order valence-electron chi connectivity index (χ3n) is 2.97. The van der Waals surface area contributed by atoms with Gasteiger partial charge in [0, 0.05) is 24.5 Å². The Balaban J connectivity index is 2.03. The summed E-state index contributed by atoms with van der Waals surface area (Å²) in [5.41, 5.74) is 0. The number of anilines is 1. The molecule has 0 bridgehead atoms. The SMILES string of the molecule is O=C1CC(Cl)CN1c1cc2ccccc2cn1. The summed E-state index contributed by atoms with van der Waals surface area (Å²) in [6.45, 7) is 0.547. The molecule has 1 unspecified atom stereocenters. The summed E-state index contributed by atoms with van der Waals surface area (Å²) < 4.78 is 0. The van der Waals surface area contributed by atoms with Gasteiger partial charge in [-0.25, -0.2) is 4.98 Å². The highest BCUT2D eigenvalue weighted by Gasteiger charge is 2.29.